The van der Waals surface area contributed by atoms with Crippen LogP contribution in [-0.2, 0) is 31.3 Å². The van der Waals surface area contributed by atoms with Gasteiger partial charge < -0.3 is 15.3 Å². The molecule has 1 atom stereocenters. The van der Waals surface area contributed by atoms with Crippen molar-refractivity contribution in [3.8, 4) is 0 Å². The maximum atomic E-state index is 9.60. The zero-order chi connectivity index (χ0) is 21.9. The Morgan fingerprint density at radius 2 is 1.34 bits per heavy atom. The Hall–Kier alpha value is -1.56. The summed E-state index contributed by atoms with van der Waals surface area (Å²) in [5.41, 5.74) is 7.42. The molecular weight excluding hydrogens is 404 g/mol. The normalized spacial score (nSPS) is 18.4. The molecule has 29 heavy (non-hydrogen) atoms. The number of fused-ring (bicyclic) bond motifs is 1. The van der Waals surface area contributed by atoms with Crippen molar-refractivity contribution < 1.29 is 46.6 Å². The molecule has 0 bridgehead atoms. The Kier molecular flexibility index (Phi) is 15.6. The zero-order valence-corrected chi connectivity index (χ0v) is 19.7. The van der Waals surface area contributed by atoms with Crippen LogP contribution in [0, 0.1) is 12.3 Å². The van der Waals surface area contributed by atoms with Crippen molar-refractivity contribution in [1.29, 1.82) is 0 Å². The number of carboxylic acid groups (broad SMARTS) is 2. The van der Waals surface area contributed by atoms with E-state index in [2.05, 4.69) is 26.5 Å². The van der Waals surface area contributed by atoms with Crippen molar-refractivity contribution in [3.63, 3.8) is 0 Å². The van der Waals surface area contributed by atoms with E-state index in [1.165, 1.54) is 58.8 Å². The molecule has 0 aliphatic heterocycles. The fourth-order valence-electron chi connectivity index (χ4n) is 3.51. The number of aliphatic carboxylic acids is 2. The summed E-state index contributed by atoms with van der Waals surface area (Å²) < 4.78 is 0. The van der Waals surface area contributed by atoms with Gasteiger partial charge in [-0.2, -0.15) is 12.7 Å². The molecule has 0 heterocycles. The molecule has 0 fully saturated rings. The number of hydrogen-bond acceptors (Lipinski definition) is 3. The molecule has 3 aliphatic rings. The molecule has 0 amide bonds. The molecule has 0 saturated carbocycles. The van der Waals surface area contributed by atoms with E-state index in [-0.39, 0.29) is 32.9 Å². The molecule has 160 valence electrons. The second-order valence-electron chi connectivity index (χ2n) is 7.13. The molecule has 0 spiro atoms. The van der Waals surface area contributed by atoms with Crippen LogP contribution in [0.15, 0.2) is 46.6 Å². The summed E-state index contributed by atoms with van der Waals surface area (Å²) in [7, 11) is 0.750. The predicted molar refractivity (Wildman–Crippen MR) is 111 cm³/mol. The van der Waals surface area contributed by atoms with Gasteiger partial charge in [0.15, 0.2) is 0 Å². The van der Waals surface area contributed by atoms with E-state index < -0.39 is 11.9 Å². The number of allylic oxidation sites excluding steroid dienone is 4. The van der Waals surface area contributed by atoms with Gasteiger partial charge in [0.2, 0.25) is 0 Å². The van der Waals surface area contributed by atoms with Crippen molar-refractivity contribution in [2.24, 2.45) is 5.92 Å². The van der Waals surface area contributed by atoms with Crippen LogP contribution in [0.2, 0.25) is 0 Å². The van der Waals surface area contributed by atoms with Crippen LogP contribution in [0.3, 0.4) is 0 Å². The van der Waals surface area contributed by atoms with Gasteiger partial charge in [-0.15, -0.1) is 12.0 Å². The molecule has 0 saturated heterocycles. The molecule has 6 heteroatoms. The molecule has 3 rings (SSSR count). The van der Waals surface area contributed by atoms with Gasteiger partial charge in [0.25, 0.3) is 0 Å². The van der Waals surface area contributed by atoms with Crippen molar-refractivity contribution >= 4 is 11.9 Å². The minimum absolute atomic E-state index is 0. The fourth-order valence-corrected chi connectivity index (χ4v) is 3.51. The molecule has 3 aliphatic carbocycles. The fraction of sp³-hybridized carbons (Fsp3) is 0.522. The van der Waals surface area contributed by atoms with E-state index in [1.807, 2.05) is 0 Å². The van der Waals surface area contributed by atoms with Crippen LogP contribution in [0.1, 0.15) is 65.7 Å². The molecule has 5 nitrogen and oxygen atoms in total. The summed E-state index contributed by atoms with van der Waals surface area (Å²) in [4.78, 5) is 19.2. The van der Waals surface area contributed by atoms with Crippen molar-refractivity contribution in [2.75, 3.05) is 7.11 Å². The Balaban J connectivity index is 0. The van der Waals surface area contributed by atoms with E-state index in [1.54, 1.807) is 22.3 Å². The van der Waals surface area contributed by atoms with Crippen LogP contribution in [0.25, 0.3) is 0 Å². The number of rotatable bonds is 2. The minimum Gasteiger partial charge on any atom is -0.857 e. The van der Waals surface area contributed by atoms with E-state index in [0.29, 0.717) is 0 Å². The maximum Gasteiger partial charge on any atom is 2.00 e. The first kappa shape index (κ1) is 29.6. The van der Waals surface area contributed by atoms with E-state index in [0.717, 1.165) is 13.0 Å². The monoisotopic (exact) mass is 438 g/mol. The van der Waals surface area contributed by atoms with E-state index >= 15 is 0 Å². The zero-order valence-electron chi connectivity index (χ0n) is 18.1. The van der Waals surface area contributed by atoms with E-state index in [9.17, 15) is 9.59 Å². The third-order valence-electron chi connectivity index (χ3n) is 4.94. The van der Waals surface area contributed by atoms with Gasteiger partial charge in [-0.3, -0.25) is 0 Å². The SMILES string of the molecule is C=C(C)C(=O)O.C=C(C)C(=O)O.CC1C2=C(CCC[CH-]2)C2=C1CCCC2.C[O-].[Ti+2]. The maximum absolute atomic E-state index is 9.60. The standard InChI is InChI=1S/C14H19.2C4H6O2.CH3O.Ti/c1-10-11-6-2-4-8-13(11)14-9-5-3-7-12(10)14;2*1-3(2)4(5)6;1-2;/h6,10H,2-5,7-9H2,1H3;2*1H2,2H3,(H,5,6);1H3;/q-1;;;-1;+2. The van der Waals surface area contributed by atoms with Gasteiger partial charge in [-0.05, 0) is 39.0 Å². The summed E-state index contributed by atoms with van der Waals surface area (Å²) in [6.07, 6.45) is 12.2. The molecule has 2 N–H and O–H groups in total. The summed E-state index contributed by atoms with van der Waals surface area (Å²) in [6, 6.07) is 0. The summed E-state index contributed by atoms with van der Waals surface area (Å²) >= 11 is 0. The third kappa shape index (κ3) is 9.66. The first-order valence-electron chi connectivity index (χ1n) is 9.63. The third-order valence-corrected chi connectivity index (χ3v) is 4.94. The second kappa shape index (κ2) is 15.3. The van der Waals surface area contributed by atoms with Crippen molar-refractivity contribution in [1.82, 2.24) is 0 Å². The van der Waals surface area contributed by atoms with Crippen LogP contribution in [-0.4, -0.2) is 29.3 Å². The smallest absolute Gasteiger partial charge is 0.857 e. The first-order chi connectivity index (χ1) is 13.2. The summed E-state index contributed by atoms with van der Waals surface area (Å²) in [5, 5.41) is 24.0. The quantitative estimate of drug-likeness (QED) is 0.377. The van der Waals surface area contributed by atoms with Gasteiger partial charge in [-0.25, -0.2) is 21.6 Å². The molecular formula is C23H34O5Ti. The van der Waals surface area contributed by atoms with Crippen LogP contribution in [0.4, 0.5) is 0 Å². The largest absolute Gasteiger partial charge is 2.00 e. The van der Waals surface area contributed by atoms with Crippen molar-refractivity contribution in [3.05, 3.63) is 53.0 Å². The van der Waals surface area contributed by atoms with Crippen molar-refractivity contribution in [2.45, 2.75) is 65.7 Å². The number of hydrogen-bond donors (Lipinski definition) is 2. The Morgan fingerprint density at radius 1 is 0.931 bits per heavy atom. The topological polar surface area (TPSA) is 97.7 Å². The molecule has 1 unspecified atom stereocenters. The van der Waals surface area contributed by atoms with Gasteiger partial charge >= 0.3 is 33.7 Å². The number of carboxylic acids is 2. The van der Waals surface area contributed by atoms with Gasteiger partial charge in [0.05, 0.1) is 0 Å². The Labute approximate surface area is 190 Å². The summed E-state index contributed by atoms with van der Waals surface area (Å²) in [6.45, 7) is 11.6. The minimum atomic E-state index is -0.935. The predicted octanol–water partition coefficient (Wildman–Crippen LogP) is 4.46. The number of carbonyl (C=O) groups is 2. The molecule has 0 aromatic heterocycles. The van der Waals surface area contributed by atoms with E-state index in [4.69, 9.17) is 15.3 Å². The van der Waals surface area contributed by atoms with Gasteiger partial charge in [0, 0.05) is 11.1 Å². The van der Waals surface area contributed by atoms with Crippen LogP contribution >= 0.6 is 0 Å². The molecule has 0 radical (unpaired) electrons. The average molecular weight is 438 g/mol. The Morgan fingerprint density at radius 3 is 1.79 bits per heavy atom. The average Bonchev–Trinajstić information content (AvgIpc) is 2.97. The summed E-state index contributed by atoms with van der Waals surface area (Å²) in [5.74, 6) is -1.09. The Bertz CT molecular complexity index is 578. The second-order valence-corrected chi connectivity index (χ2v) is 7.13. The van der Waals surface area contributed by atoms with Gasteiger partial charge in [0.1, 0.15) is 0 Å². The molecule has 0 aromatic rings. The first-order valence-corrected chi connectivity index (χ1v) is 9.63. The van der Waals surface area contributed by atoms with Gasteiger partial charge in [-0.1, -0.05) is 44.9 Å². The van der Waals surface area contributed by atoms with Crippen LogP contribution < -0.4 is 5.11 Å². The molecule has 0 aromatic carbocycles. The van der Waals surface area contributed by atoms with Crippen LogP contribution in [0.5, 0.6) is 0 Å².